The van der Waals surface area contributed by atoms with E-state index in [1.807, 2.05) is 14.1 Å². The SMILES string of the molecule is C[N+](C)(CCO)CC([O-])CO. The number of hydrogen-bond acceptors (Lipinski definition) is 3. The van der Waals surface area contributed by atoms with Gasteiger partial charge in [-0.3, -0.25) is 0 Å². The molecule has 0 aromatic carbocycles. The van der Waals surface area contributed by atoms with Crippen LogP contribution in [0.15, 0.2) is 0 Å². The summed E-state index contributed by atoms with van der Waals surface area (Å²) in [5.41, 5.74) is 0. The summed E-state index contributed by atoms with van der Waals surface area (Å²) in [4.78, 5) is 0. The minimum absolute atomic E-state index is 0.0746. The van der Waals surface area contributed by atoms with Gasteiger partial charge in [0, 0.05) is 6.61 Å². The quantitative estimate of drug-likeness (QED) is 0.451. The van der Waals surface area contributed by atoms with Gasteiger partial charge in [0.25, 0.3) is 0 Å². The average Bonchev–Trinajstić information content (AvgIpc) is 1.86. The van der Waals surface area contributed by atoms with E-state index in [1.165, 1.54) is 0 Å². The fourth-order valence-corrected chi connectivity index (χ4v) is 0.971. The van der Waals surface area contributed by atoms with Gasteiger partial charge >= 0.3 is 0 Å². The lowest BCUT2D eigenvalue weighted by Gasteiger charge is -2.34. The van der Waals surface area contributed by atoms with Gasteiger partial charge in [-0.1, -0.05) is 6.10 Å². The van der Waals surface area contributed by atoms with E-state index < -0.39 is 6.10 Å². The number of hydrogen-bond donors (Lipinski definition) is 2. The zero-order valence-corrected chi connectivity index (χ0v) is 7.16. The summed E-state index contributed by atoms with van der Waals surface area (Å²) < 4.78 is 0.464. The second kappa shape index (κ2) is 4.66. The molecule has 11 heavy (non-hydrogen) atoms. The van der Waals surface area contributed by atoms with Crippen molar-refractivity contribution in [2.45, 2.75) is 6.10 Å². The van der Waals surface area contributed by atoms with Crippen LogP contribution in [-0.4, -0.2) is 61.2 Å². The lowest BCUT2D eigenvalue weighted by molar-refractivity contribution is -0.899. The van der Waals surface area contributed by atoms with Crippen LogP contribution in [-0.2, 0) is 0 Å². The molecule has 4 heteroatoms. The molecule has 4 nitrogen and oxygen atoms in total. The fraction of sp³-hybridized carbons (Fsp3) is 1.00. The molecule has 0 radical (unpaired) electrons. The van der Waals surface area contributed by atoms with Gasteiger partial charge < -0.3 is 19.8 Å². The van der Waals surface area contributed by atoms with Crippen LogP contribution in [0.25, 0.3) is 0 Å². The summed E-state index contributed by atoms with van der Waals surface area (Å²) >= 11 is 0. The van der Waals surface area contributed by atoms with Crippen LogP contribution in [0.1, 0.15) is 0 Å². The van der Waals surface area contributed by atoms with Gasteiger partial charge in [-0.25, -0.2) is 0 Å². The summed E-state index contributed by atoms with van der Waals surface area (Å²) in [6.07, 6.45) is -0.934. The molecule has 0 aromatic heterocycles. The standard InChI is InChI=1S/C7H17NO3/c1-8(2,3-4-9)5-7(11)6-10/h7,9-10H,3-6H2,1-2H3. The molecular weight excluding hydrogens is 146 g/mol. The van der Waals surface area contributed by atoms with Crippen LogP contribution in [0.2, 0.25) is 0 Å². The van der Waals surface area contributed by atoms with Crippen molar-refractivity contribution < 1.29 is 19.8 Å². The molecule has 0 saturated carbocycles. The second-order valence-electron chi connectivity index (χ2n) is 3.37. The minimum atomic E-state index is -0.934. The van der Waals surface area contributed by atoms with Gasteiger partial charge in [0.2, 0.25) is 0 Å². The number of aliphatic hydroxyl groups excluding tert-OH is 2. The number of likely N-dealkylation sites (N-methyl/N-ethyl adjacent to an activating group) is 1. The van der Waals surface area contributed by atoms with Crippen molar-refractivity contribution in [2.24, 2.45) is 0 Å². The monoisotopic (exact) mass is 163 g/mol. The first-order chi connectivity index (χ1) is 5.02. The Hall–Kier alpha value is -0.160. The third-order valence-corrected chi connectivity index (χ3v) is 1.61. The Morgan fingerprint density at radius 3 is 2.27 bits per heavy atom. The molecule has 0 aromatic rings. The fourth-order valence-electron chi connectivity index (χ4n) is 0.971. The van der Waals surface area contributed by atoms with E-state index in [9.17, 15) is 5.11 Å². The summed E-state index contributed by atoms with van der Waals surface area (Å²) in [6.45, 7) is 0.661. The smallest absolute Gasteiger partial charge is 0.102 e. The molecule has 1 atom stereocenters. The molecule has 0 spiro atoms. The van der Waals surface area contributed by atoms with Gasteiger partial charge in [-0.15, -0.1) is 0 Å². The maximum Gasteiger partial charge on any atom is 0.102 e. The van der Waals surface area contributed by atoms with Crippen molar-refractivity contribution in [2.75, 3.05) is 40.4 Å². The third-order valence-electron chi connectivity index (χ3n) is 1.61. The Bertz CT molecular complexity index is 106. The zero-order valence-electron chi connectivity index (χ0n) is 7.16. The van der Waals surface area contributed by atoms with E-state index in [2.05, 4.69) is 0 Å². The lowest BCUT2D eigenvalue weighted by Crippen LogP contribution is -2.52. The highest BCUT2D eigenvalue weighted by Gasteiger charge is 2.14. The van der Waals surface area contributed by atoms with Crippen molar-refractivity contribution in [3.05, 3.63) is 0 Å². The van der Waals surface area contributed by atoms with Crippen molar-refractivity contribution in [1.29, 1.82) is 0 Å². The highest BCUT2D eigenvalue weighted by atomic mass is 16.3. The van der Waals surface area contributed by atoms with Crippen LogP contribution in [0.5, 0.6) is 0 Å². The van der Waals surface area contributed by atoms with Crippen LogP contribution < -0.4 is 5.11 Å². The lowest BCUT2D eigenvalue weighted by atomic mass is 10.3. The molecule has 0 aliphatic carbocycles. The van der Waals surface area contributed by atoms with Gasteiger partial charge in [-0.2, -0.15) is 0 Å². The van der Waals surface area contributed by atoms with Crippen molar-refractivity contribution in [3.63, 3.8) is 0 Å². The first-order valence-corrected chi connectivity index (χ1v) is 3.71. The minimum Gasteiger partial charge on any atom is -0.846 e. The van der Waals surface area contributed by atoms with Gasteiger partial charge in [0.05, 0.1) is 27.2 Å². The third kappa shape index (κ3) is 5.15. The number of quaternary nitrogens is 1. The Morgan fingerprint density at radius 2 is 1.91 bits per heavy atom. The molecule has 0 saturated heterocycles. The highest BCUT2D eigenvalue weighted by molar-refractivity contribution is 4.47. The molecule has 0 rings (SSSR count). The second-order valence-corrected chi connectivity index (χ2v) is 3.37. The normalized spacial score (nSPS) is 15.0. The number of aliphatic hydroxyl groups is 2. The predicted molar refractivity (Wildman–Crippen MR) is 39.8 cm³/mol. The van der Waals surface area contributed by atoms with E-state index >= 15 is 0 Å². The van der Waals surface area contributed by atoms with Gasteiger partial charge in [0.15, 0.2) is 0 Å². The Balaban J connectivity index is 3.70. The summed E-state index contributed by atoms with van der Waals surface area (Å²) in [6, 6.07) is 0. The van der Waals surface area contributed by atoms with Crippen LogP contribution in [0, 0.1) is 0 Å². The predicted octanol–water partition coefficient (Wildman–Crippen LogP) is -2.22. The Labute approximate surface area is 67.3 Å². The first kappa shape index (κ1) is 10.8. The molecule has 0 bridgehead atoms. The van der Waals surface area contributed by atoms with Crippen molar-refractivity contribution >= 4 is 0 Å². The molecular formula is C7H17NO3. The summed E-state index contributed by atoms with van der Waals surface area (Å²) in [5, 5.41) is 27.9. The van der Waals surface area contributed by atoms with E-state index in [4.69, 9.17) is 10.2 Å². The molecule has 68 valence electrons. The maximum atomic E-state index is 10.8. The van der Waals surface area contributed by atoms with Crippen molar-refractivity contribution in [3.8, 4) is 0 Å². The highest BCUT2D eigenvalue weighted by Crippen LogP contribution is 1.96. The van der Waals surface area contributed by atoms with Crippen LogP contribution >= 0.6 is 0 Å². The maximum absolute atomic E-state index is 10.8. The molecule has 0 aliphatic heterocycles. The van der Waals surface area contributed by atoms with Gasteiger partial charge in [0.1, 0.15) is 6.54 Å². The topological polar surface area (TPSA) is 63.5 Å². The zero-order chi connectivity index (χ0) is 8.91. The van der Waals surface area contributed by atoms with Crippen LogP contribution in [0.3, 0.4) is 0 Å². The number of rotatable bonds is 5. The summed E-state index contributed by atoms with van der Waals surface area (Å²) in [5.74, 6) is 0. The number of nitrogens with zero attached hydrogens (tertiary/aromatic N) is 1. The average molecular weight is 163 g/mol. The molecule has 0 fully saturated rings. The van der Waals surface area contributed by atoms with E-state index in [1.54, 1.807) is 0 Å². The van der Waals surface area contributed by atoms with E-state index in [0.717, 1.165) is 0 Å². The summed E-state index contributed by atoms with van der Waals surface area (Å²) in [7, 11) is 3.72. The molecule has 0 heterocycles. The molecule has 0 amide bonds. The largest absolute Gasteiger partial charge is 0.846 e. The van der Waals surface area contributed by atoms with E-state index in [0.29, 0.717) is 17.6 Å². The van der Waals surface area contributed by atoms with Crippen molar-refractivity contribution in [1.82, 2.24) is 0 Å². The first-order valence-electron chi connectivity index (χ1n) is 3.71. The molecule has 1 unspecified atom stereocenters. The van der Waals surface area contributed by atoms with Crippen LogP contribution in [0.4, 0.5) is 0 Å². The Morgan fingerprint density at radius 1 is 1.36 bits per heavy atom. The molecule has 2 N–H and O–H groups in total. The molecule has 0 aliphatic rings. The van der Waals surface area contributed by atoms with Gasteiger partial charge in [-0.05, 0) is 0 Å². The van der Waals surface area contributed by atoms with E-state index in [-0.39, 0.29) is 13.2 Å². The Kier molecular flexibility index (Phi) is 4.60.